The molecule has 0 radical (unpaired) electrons. The highest BCUT2D eigenvalue weighted by molar-refractivity contribution is 7.92. The van der Waals surface area contributed by atoms with Gasteiger partial charge in [-0.25, -0.2) is 17.6 Å². The van der Waals surface area contributed by atoms with Crippen LogP contribution in [-0.2, 0) is 14.8 Å². The molecule has 2 aromatic rings. The van der Waals surface area contributed by atoms with Crippen molar-refractivity contribution in [2.45, 2.75) is 25.7 Å². The Bertz CT molecular complexity index is 925. The summed E-state index contributed by atoms with van der Waals surface area (Å²) in [5.41, 5.74) is 1.34. The lowest BCUT2D eigenvalue weighted by Gasteiger charge is -2.16. The maximum atomic E-state index is 13.9. The minimum Gasteiger partial charge on any atom is -0.481 e. The Hall–Kier alpha value is -2.61. The molecule has 2 N–H and O–H groups in total. The first-order chi connectivity index (χ1) is 11.6. The van der Waals surface area contributed by atoms with Gasteiger partial charge in [0.15, 0.2) is 6.61 Å². The summed E-state index contributed by atoms with van der Waals surface area (Å²) in [4.78, 5) is 10.6. The molecule has 8 heteroatoms. The topological polar surface area (TPSA) is 92.7 Å². The van der Waals surface area contributed by atoms with Gasteiger partial charge in [-0.1, -0.05) is 12.1 Å². The monoisotopic (exact) mass is 367 g/mol. The van der Waals surface area contributed by atoms with Crippen molar-refractivity contribution >= 4 is 21.7 Å². The van der Waals surface area contributed by atoms with Crippen LogP contribution < -0.4 is 9.46 Å². The molecule has 6 nitrogen and oxygen atoms in total. The van der Waals surface area contributed by atoms with Gasteiger partial charge >= 0.3 is 5.97 Å². The molecule has 0 heterocycles. The number of ether oxygens (including phenoxy) is 1. The van der Waals surface area contributed by atoms with E-state index in [1.54, 1.807) is 19.9 Å². The van der Waals surface area contributed by atoms with E-state index in [1.165, 1.54) is 31.2 Å². The molecule has 0 fully saturated rings. The Morgan fingerprint density at radius 1 is 1.20 bits per heavy atom. The van der Waals surface area contributed by atoms with Gasteiger partial charge in [-0.05, 0) is 50.1 Å². The molecule has 0 spiro atoms. The predicted octanol–water partition coefficient (Wildman–Crippen LogP) is 3.02. The number of nitrogens with one attached hydrogen (secondary N) is 1. The zero-order valence-electron chi connectivity index (χ0n) is 14.0. The number of hydrogen-bond acceptors (Lipinski definition) is 4. The highest BCUT2D eigenvalue weighted by Crippen LogP contribution is 2.30. The number of rotatable bonds is 6. The molecule has 0 aliphatic carbocycles. The minimum atomic E-state index is -4.07. The van der Waals surface area contributed by atoms with Crippen LogP contribution >= 0.6 is 0 Å². The third-order valence-corrected chi connectivity index (χ3v) is 5.06. The van der Waals surface area contributed by atoms with E-state index in [1.807, 2.05) is 0 Å². The molecule has 0 aliphatic heterocycles. The zero-order valence-corrected chi connectivity index (χ0v) is 14.8. The van der Waals surface area contributed by atoms with Gasteiger partial charge in [0.2, 0.25) is 0 Å². The maximum absolute atomic E-state index is 13.9. The molecular formula is C17H18FNO5S. The van der Waals surface area contributed by atoms with Gasteiger partial charge < -0.3 is 9.84 Å². The summed E-state index contributed by atoms with van der Waals surface area (Å²) >= 11 is 0. The number of benzene rings is 2. The van der Waals surface area contributed by atoms with Crippen LogP contribution in [0.3, 0.4) is 0 Å². The summed E-state index contributed by atoms with van der Waals surface area (Å²) < 4.78 is 46.6. The molecule has 2 rings (SSSR count). The standard InChI is InChI=1S/C17H18FNO5S/c1-10-4-6-14(13(18)8-10)19-25(22,23)15-7-5-11(2)17(12(15)3)24-9-16(20)21/h4-8,19H,9H2,1-3H3,(H,20,21). The summed E-state index contributed by atoms with van der Waals surface area (Å²) in [5.74, 6) is -1.68. The maximum Gasteiger partial charge on any atom is 0.341 e. The quantitative estimate of drug-likeness (QED) is 0.819. The largest absolute Gasteiger partial charge is 0.481 e. The first kappa shape index (κ1) is 18.7. The highest BCUT2D eigenvalue weighted by atomic mass is 32.2. The smallest absolute Gasteiger partial charge is 0.341 e. The lowest BCUT2D eigenvalue weighted by molar-refractivity contribution is -0.139. The number of carboxylic acids is 1. The molecule has 25 heavy (non-hydrogen) atoms. The summed E-state index contributed by atoms with van der Waals surface area (Å²) in [6.07, 6.45) is 0. The van der Waals surface area contributed by atoms with Crippen LogP contribution in [-0.4, -0.2) is 26.1 Å². The molecule has 0 aliphatic rings. The van der Waals surface area contributed by atoms with E-state index in [9.17, 15) is 17.6 Å². The van der Waals surface area contributed by atoms with Gasteiger partial charge in [-0.15, -0.1) is 0 Å². The number of sulfonamides is 1. The second-order valence-corrected chi connectivity index (χ2v) is 7.26. The molecule has 0 amide bonds. The van der Waals surface area contributed by atoms with Crippen LogP contribution in [0, 0.1) is 26.6 Å². The number of hydrogen-bond donors (Lipinski definition) is 2. The van der Waals surface area contributed by atoms with Crippen LogP contribution in [0.25, 0.3) is 0 Å². The van der Waals surface area contributed by atoms with Gasteiger partial charge in [-0.3, -0.25) is 4.72 Å². The third-order valence-electron chi connectivity index (χ3n) is 3.55. The van der Waals surface area contributed by atoms with Crippen LogP contribution in [0.1, 0.15) is 16.7 Å². The lowest BCUT2D eigenvalue weighted by atomic mass is 10.1. The molecule has 134 valence electrons. The first-order valence-corrected chi connectivity index (χ1v) is 8.84. The van der Waals surface area contributed by atoms with E-state index in [-0.39, 0.29) is 21.9 Å². The SMILES string of the molecule is Cc1ccc(NS(=O)(=O)c2ccc(C)c(OCC(=O)O)c2C)c(F)c1. The van der Waals surface area contributed by atoms with Crippen molar-refractivity contribution in [3.05, 3.63) is 52.8 Å². The molecule has 0 aromatic heterocycles. The van der Waals surface area contributed by atoms with Crippen LogP contribution in [0.5, 0.6) is 5.75 Å². The van der Waals surface area contributed by atoms with Gasteiger partial charge in [0.1, 0.15) is 11.6 Å². The van der Waals surface area contributed by atoms with E-state index in [0.717, 1.165) is 0 Å². The van der Waals surface area contributed by atoms with Gasteiger partial charge in [-0.2, -0.15) is 0 Å². The van der Waals surface area contributed by atoms with Gasteiger partial charge in [0.05, 0.1) is 10.6 Å². The van der Waals surface area contributed by atoms with E-state index in [4.69, 9.17) is 9.84 Å². The Labute approximate surface area is 145 Å². The minimum absolute atomic E-state index is 0.113. The van der Waals surface area contributed by atoms with Crippen LogP contribution in [0.2, 0.25) is 0 Å². The normalized spacial score (nSPS) is 11.2. The van der Waals surface area contributed by atoms with Gasteiger partial charge in [0.25, 0.3) is 10.0 Å². The average Bonchev–Trinajstić information content (AvgIpc) is 2.49. The van der Waals surface area contributed by atoms with Crippen molar-refractivity contribution in [3.63, 3.8) is 0 Å². The Kier molecular flexibility index (Phi) is 5.32. The summed E-state index contributed by atoms with van der Waals surface area (Å²) in [5, 5.41) is 8.74. The van der Waals surface area contributed by atoms with Crippen molar-refractivity contribution in [1.29, 1.82) is 0 Å². The molecule has 0 unspecified atom stereocenters. The third kappa shape index (κ3) is 4.27. The van der Waals surface area contributed by atoms with E-state index in [0.29, 0.717) is 11.1 Å². The predicted molar refractivity (Wildman–Crippen MR) is 91.0 cm³/mol. The molecule has 0 saturated carbocycles. The molecule has 0 bridgehead atoms. The number of aliphatic carboxylic acids is 1. The van der Waals surface area contributed by atoms with Crippen molar-refractivity contribution < 1.29 is 27.4 Å². The van der Waals surface area contributed by atoms with Crippen molar-refractivity contribution in [1.82, 2.24) is 0 Å². The molecule has 0 saturated heterocycles. The first-order valence-electron chi connectivity index (χ1n) is 7.35. The Morgan fingerprint density at radius 2 is 1.88 bits per heavy atom. The fourth-order valence-electron chi connectivity index (χ4n) is 2.36. The number of carbonyl (C=O) groups is 1. The van der Waals surface area contributed by atoms with Crippen molar-refractivity contribution in [2.24, 2.45) is 0 Å². The summed E-state index contributed by atoms with van der Waals surface area (Å²) in [7, 11) is -4.07. The zero-order chi connectivity index (χ0) is 18.8. The van der Waals surface area contributed by atoms with Crippen molar-refractivity contribution in [2.75, 3.05) is 11.3 Å². The number of carboxylic acid groups (broad SMARTS) is 1. The highest BCUT2D eigenvalue weighted by Gasteiger charge is 2.22. The second-order valence-electron chi connectivity index (χ2n) is 5.61. The van der Waals surface area contributed by atoms with Crippen LogP contribution in [0.15, 0.2) is 35.2 Å². The van der Waals surface area contributed by atoms with E-state index >= 15 is 0 Å². The average molecular weight is 367 g/mol. The second kappa shape index (κ2) is 7.10. The summed E-state index contributed by atoms with van der Waals surface area (Å²) in [6, 6.07) is 7.02. The van der Waals surface area contributed by atoms with Crippen molar-refractivity contribution in [3.8, 4) is 5.75 Å². The molecule has 0 atom stereocenters. The van der Waals surface area contributed by atoms with Gasteiger partial charge in [0, 0.05) is 5.56 Å². The van der Waals surface area contributed by atoms with E-state index in [2.05, 4.69) is 4.72 Å². The number of anilines is 1. The molecule has 2 aromatic carbocycles. The Balaban J connectivity index is 2.42. The molecular weight excluding hydrogens is 349 g/mol. The fourth-order valence-corrected chi connectivity index (χ4v) is 3.67. The lowest BCUT2D eigenvalue weighted by Crippen LogP contribution is -2.17. The fraction of sp³-hybridized carbons (Fsp3) is 0.235. The number of halogens is 1. The van der Waals surface area contributed by atoms with Crippen LogP contribution in [0.4, 0.5) is 10.1 Å². The Morgan fingerprint density at radius 3 is 2.48 bits per heavy atom. The van der Waals surface area contributed by atoms with E-state index < -0.39 is 28.4 Å². The summed E-state index contributed by atoms with van der Waals surface area (Å²) in [6.45, 7) is 4.28. The number of aryl methyl sites for hydroxylation is 2.